The monoisotopic (exact) mass is 452 g/mol. The fraction of sp³-hybridized carbons (Fsp3) is 0.435. The minimum Gasteiger partial charge on any atom is -0.464 e. The third-order valence-electron chi connectivity index (χ3n) is 5.41. The van der Waals surface area contributed by atoms with E-state index in [1.807, 2.05) is 42.5 Å². The molecular weight excluding hydrogens is 424 g/mol. The van der Waals surface area contributed by atoms with Gasteiger partial charge in [0.25, 0.3) is 0 Å². The molecule has 0 spiro atoms. The first kappa shape index (κ1) is 22.7. The van der Waals surface area contributed by atoms with Gasteiger partial charge in [0, 0.05) is 32.4 Å². The van der Waals surface area contributed by atoms with Gasteiger partial charge in [0.05, 0.1) is 19.8 Å². The average Bonchev–Trinajstić information content (AvgIpc) is 3.26. The molecule has 0 bridgehead atoms. The Kier molecular flexibility index (Phi) is 7.46. The van der Waals surface area contributed by atoms with Crippen LogP contribution < -0.4 is 10.2 Å². The van der Waals surface area contributed by atoms with E-state index in [-0.39, 0.29) is 18.9 Å². The third-order valence-corrected chi connectivity index (χ3v) is 5.41. The molecule has 1 atom stereocenters. The predicted molar refractivity (Wildman–Crippen MR) is 121 cm³/mol. The predicted octanol–water partition coefficient (Wildman–Crippen LogP) is 1.18. The summed E-state index contributed by atoms with van der Waals surface area (Å²) in [7, 11) is 0. The minimum atomic E-state index is -0.749. The summed E-state index contributed by atoms with van der Waals surface area (Å²) in [5.41, 5.74) is 1.56. The molecule has 4 rings (SSSR count). The number of nitrogens with zero attached hydrogens (tertiary/aromatic N) is 5. The molecule has 1 aromatic carbocycles. The van der Waals surface area contributed by atoms with Crippen LogP contribution in [-0.4, -0.2) is 70.6 Å². The van der Waals surface area contributed by atoms with E-state index in [4.69, 9.17) is 9.47 Å². The van der Waals surface area contributed by atoms with Crippen molar-refractivity contribution >= 4 is 23.3 Å². The number of aryl methyl sites for hydroxylation is 1. The van der Waals surface area contributed by atoms with E-state index in [1.165, 1.54) is 0 Å². The van der Waals surface area contributed by atoms with Crippen LogP contribution in [0.2, 0.25) is 0 Å². The van der Waals surface area contributed by atoms with E-state index >= 15 is 0 Å². The minimum absolute atomic E-state index is 0.148. The second kappa shape index (κ2) is 10.9. The number of benzene rings is 1. The molecular formula is C23H28N6O4. The zero-order valence-electron chi connectivity index (χ0n) is 18.6. The van der Waals surface area contributed by atoms with E-state index in [0.29, 0.717) is 37.5 Å². The van der Waals surface area contributed by atoms with Crippen molar-refractivity contribution in [2.45, 2.75) is 32.2 Å². The molecule has 0 radical (unpaired) electrons. The molecule has 1 aliphatic heterocycles. The second-order valence-corrected chi connectivity index (χ2v) is 7.74. The van der Waals surface area contributed by atoms with Gasteiger partial charge < -0.3 is 19.7 Å². The number of carbonyl (C=O) groups excluding carboxylic acids is 2. The van der Waals surface area contributed by atoms with Crippen molar-refractivity contribution in [3.8, 4) is 0 Å². The van der Waals surface area contributed by atoms with Crippen molar-refractivity contribution in [3.05, 3.63) is 53.9 Å². The highest BCUT2D eigenvalue weighted by Crippen LogP contribution is 2.14. The molecule has 1 aliphatic rings. The smallest absolute Gasteiger partial charge is 0.328 e. The van der Waals surface area contributed by atoms with Crippen LogP contribution in [0.4, 0.5) is 5.82 Å². The maximum Gasteiger partial charge on any atom is 0.328 e. The van der Waals surface area contributed by atoms with Crippen LogP contribution in [0.15, 0.2) is 42.5 Å². The van der Waals surface area contributed by atoms with Gasteiger partial charge in [-0.3, -0.25) is 4.79 Å². The number of hydrogen-bond donors (Lipinski definition) is 1. The Labute approximate surface area is 191 Å². The Morgan fingerprint density at radius 2 is 1.91 bits per heavy atom. The van der Waals surface area contributed by atoms with E-state index in [9.17, 15) is 9.59 Å². The van der Waals surface area contributed by atoms with Crippen molar-refractivity contribution in [2.75, 3.05) is 37.8 Å². The van der Waals surface area contributed by atoms with Crippen molar-refractivity contribution < 1.29 is 19.1 Å². The number of carbonyl (C=O) groups is 2. The lowest BCUT2D eigenvalue weighted by molar-refractivity contribution is -0.147. The molecule has 174 valence electrons. The molecule has 2 aromatic heterocycles. The highest BCUT2D eigenvalue weighted by molar-refractivity contribution is 5.84. The highest BCUT2D eigenvalue weighted by atomic mass is 16.5. The number of morpholine rings is 1. The number of amides is 1. The molecule has 33 heavy (non-hydrogen) atoms. The van der Waals surface area contributed by atoms with Crippen LogP contribution in [0.1, 0.15) is 24.7 Å². The lowest BCUT2D eigenvalue weighted by Gasteiger charge is -2.27. The van der Waals surface area contributed by atoms with Gasteiger partial charge in [-0.25, -0.2) is 4.79 Å². The molecule has 3 aromatic rings. The maximum absolute atomic E-state index is 12.7. The quantitative estimate of drug-likeness (QED) is 0.482. The summed E-state index contributed by atoms with van der Waals surface area (Å²) in [6, 6.07) is 12.6. The van der Waals surface area contributed by atoms with E-state index in [1.54, 1.807) is 11.4 Å². The van der Waals surface area contributed by atoms with Crippen LogP contribution in [0.5, 0.6) is 0 Å². The number of rotatable bonds is 9. The number of ether oxygens (including phenoxy) is 2. The van der Waals surface area contributed by atoms with Gasteiger partial charge in [-0.1, -0.05) is 30.3 Å². The van der Waals surface area contributed by atoms with Gasteiger partial charge in [-0.05, 0) is 24.6 Å². The normalized spacial score (nSPS) is 14.8. The number of nitrogens with one attached hydrogen (secondary N) is 1. The lowest BCUT2D eigenvalue weighted by Crippen LogP contribution is -2.43. The summed E-state index contributed by atoms with van der Waals surface area (Å²) in [5, 5.41) is 15.8. The Morgan fingerprint density at radius 3 is 2.67 bits per heavy atom. The van der Waals surface area contributed by atoms with Crippen LogP contribution >= 0.6 is 0 Å². The topological polar surface area (TPSA) is 111 Å². The number of aromatic nitrogens is 4. The van der Waals surface area contributed by atoms with E-state index in [0.717, 1.165) is 24.5 Å². The molecule has 1 saturated heterocycles. The van der Waals surface area contributed by atoms with Gasteiger partial charge in [0.1, 0.15) is 11.9 Å². The molecule has 1 N–H and O–H groups in total. The molecule has 10 heteroatoms. The highest BCUT2D eigenvalue weighted by Gasteiger charge is 2.23. The van der Waals surface area contributed by atoms with Crippen LogP contribution in [-0.2, 0) is 31.9 Å². The second-order valence-electron chi connectivity index (χ2n) is 7.74. The van der Waals surface area contributed by atoms with Gasteiger partial charge in [0.15, 0.2) is 11.5 Å². The van der Waals surface area contributed by atoms with Crippen molar-refractivity contribution in [3.63, 3.8) is 0 Å². The van der Waals surface area contributed by atoms with E-state index in [2.05, 4.69) is 25.5 Å². The van der Waals surface area contributed by atoms with Crippen molar-refractivity contribution in [2.24, 2.45) is 0 Å². The first-order valence-corrected chi connectivity index (χ1v) is 11.2. The largest absolute Gasteiger partial charge is 0.464 e. The van der Waals surface area contributed by atoms with Gasteiger partial charge in [0.2, 0.25) is 5.91 Å². The molecule has 0 aliphatic carbocycles. The Hall–Kier alpha value is -3.53. The number of fused-ring (bicyclic) bond motifs is 1. The molecule has 0 unspecified atom stereocenters. The van der Waals surface area contributed by atoms with Crippen molar-refractivity contribution in [1.29, 1.82) is 0 Å². The molecule has 0 saturated carbocycles. The summed E-state index contributed by atoms with van der Waals surface area (Å²) in [5.74, 6) is 0.706. The average molecular weight is 453 g/mol. The standard InChI is InChI=1S/C23H28N6O4/c1-2-33-23(31)18(16-17-6-4-3-5-7-17)24-22(30)11-10-20-26-25-19-8-9-21(27-29(19)20)28-12-14-32-15-13-28/h3-9,18H,2,10-16H2,1H3,(H,24,30)/t18-/m0/s1. The summed E-state index contributed by atoms with van der Waals surface area (Å²) < 4.78 is 12.2. The summed E-state index contributed by atoms with van der Waals surface area (Å²) >= 11 is 0. The van der Waals surface area contributed by atoms with Crippen LogP contribution in [0.3, 0.4) is 0 Å². The molecule has 1 amide bonds. The zero-order valence-corrected chi connectivity index (χ0v) is 18.6. The SMILES string of the molecule is CCOC(=O)[C@H](Cc1ccccc1)NC(=O)CCc1nnc2ccc(N3CCOCC3)nn12. The maximum atomic E-state index is 12.7. The summed E-state index contributed by atoms with van der Waals surface area (Å²) in [6.07, 6.45) is 0.853. The Morgan fingerprint density at radius 1 is 1.12 bits per heavy atom. The molecule has 1 fully saturated rings. The number of hydrogen-bond acceptors (Lipinski definition) is 8. The summed E-state index contributed by atoms with van der Waals surface area (Å²) in [6.45, 7) is 4.87. The first-order valence-electron chi connectivity index (χ1n) is 11.2. The third kappa shape index (κ3) is 5.83. The zero-order chi connectivity index (χ0) is 23.0. The van der Waals surface area contributed by atoms with Crippen LogP contribution in [0, 0.1) is 0 Å². The Bertz CT molecular complexity index is 1080. The van der Waals surface area contributed by atoms with Gasteiger partial charge in [-0.2, -0.15) is 4.52 Å². The fourth-order valence-electron chi connectivity index (χ4n) is 3.72. The van der Waals surface area contributed by atoms with Crippen molar-refractivity contribution in [1.82, 2.24) is 25.1 Å². The van der Waals surface area contributed by atoms with E-state index < -0.39 is 12.0 Å². The lowest BCUT2D eigenvalue weighted by atomic mass is 10.1. The molecule has 10 nitrogen and oxygen atoms in total. The summed E-state index contributed by atoms with van der Waals surface area (Å²) in [4.78, 5) is 27.2. The Balaban J connectivity index is 1.40. The van der Waals surface area contributed by atoms with Crippen LogP contribution in [0.25, 0.3) is 5.65 Å². The fourth-order valence-corrected chi connectivity index (χ4v) is 3.72. The molecule has 3 heterocycles. The number of anilines is 1. The van der Waals surface area contributed by atoms with Gasteiger partial charge in [-0.15, -0.1) is 15.3 Å². The van der Waals surface area contributed by atoms with Gasteiger partial charge >= 0.3 is 5.97 Å². The number of esters is 1. The first-order chi connectivity index (χ1) is 16.1.